The Labute approximate surface area is 48.7 Å². The molecule has 0 rings (SSSR count). The predicted molar refractivity (Wildman–Crippen MR) is 23.9 cm³/mol. The molecule has 0 atom stereocenters. The molecule has 1 heteroatoms. The van der Waals surface area contributed by atoms with Gasteiger partial charge in [-0.15, -0.1) is 0 Å². The molecule has 0 amide bonds. The average molecular weight is 125 g/mol. The molecule has 0 saturated carbocycles. The molecule has 0 bridgehead atoms. The van der Waals surface area contributed by atoms with Gasteiger partial charge in [0, 0.05) is 19.5 Å². The Kier molecular flexibility index (Phi) is 1420. The summed E-state index contributed by atoms with van der Waals surface area (Å²) in [5, 5.41) is 0. The van der Waals surface area contributed by atoms with E-state index in [4.69, 9.17) is 0 Å². The van der Waals surface area contributed by atoms with E-state index >= 15 is 0 Å². The normalized spacial score (nSPS) is 1.20. The van der Waals surface area contributed by atoms with E-state index in [0.717, 1.165) is 0 Å². The van der Waals surface area contributed by atoms with Crippen molar-refractivity contribution in [3.8, 4) is 0 Å². The summed E-state index contributed by atoms with van der Waals surface area (Å²) in [5.74, 6) is 0. The molecule has 0 radical (unpaired) electrons. The quantitative estimate of drug-likeness (QED) is 0.341. The summed E-state index contributed by atoms with van der Waals surface area (Å²) >= 11 is 0. The van der Waals surface area contributed by atoms with E-state index in [1.54, 1.807) is 6.92 Å². The van der Waals surface area contributed by atoms with Crippen molar-refractivity contribution in [2.45, 2.75) is 6.92 Å². The summed E-state index contributed by atoms with van der Waals surface area (Å²) in [4.78, 5) is 0. The van der Waals surface area contributed by atoms with Crippen molar-refractivity contribution in [3.63, 3.8) is 0 Å². The van der Waals surface area contributed by atoms with Crippen LogP contribution in [0.2, 0.25) is 0 Å². The Balaban J connectivity index is -0.00000000167. The van der Waals surface area contributed by atoms with Crippen LogP contribution in [0, 0.1) is 21.8 Å². The van der Waals surface area contributed by atoms with Gasteiger partial charge in [-0.3, -0.25) is 0 Å². The van der Waals surface area contributed by atoms with E-state index in [1.807, 2.05) is 0 Å². The van der Waals surface area contributed by atoms with Gasteiger partial charge < -0.3 is 21.8 Å². The molecule has 0 fully saturated rings. The van der Waals surface area contributed by atoms with Crippen molar-refractivity contribution in [1.29, 1.82) is 0 Å². The largest absolute Gasteiger partial charge is 0.358 e. The minimum atomic E-state index is 0. The van der Waals surface area contributed by atoms with Crippen LogP contribution in [0.5, 0.6) is 0 Å². The SMILES string of the molecule is [CH2-]C.[CH3-].[CH3-].[Zn]. The standard InChI is InChI=1S/C2H5.2CH3.Zn/c1-2;;;/h1H2,2H3;2*1H3;/q3*-1;. The number of hydrogen-bond donors (Lipinski definition) is 0. The van der Waals surface area contributed by atoms with Crippen LogP contribution in [-0.2, 0) is 19.5 Å². The number of hydrogen-bond acceptors (Lipinski definition) is 0. The molecule has 0 unspecified atom stereocenters. The predicted octanol–water partition coefficient (Wildman–Crippen LogP) is 1.74. The van der Waals surface area contributed by atoms with Crippen LogP contribution in [0.1, 0.15) is 6.92 Å². The first-order chi connectivity index (χ1) is 1.00. The minimum absolute atomic E-state index is 0. The van der Waals surface area contributed by atoms with Crippen LogP contribution in [-0.4, -0.2) is 0 Å². The summed E-state index contributed by atoms with van der Waals surface area (Å²) in [6.45, 7) is 5.00. The fourth-order valence-electron chi connectivity index (χ4n) is 0. The van der Waals surface area contributed by atoms with Crippen LogP contribution >= 0.6 is 0 Å². The van der Waals surface area contributed by atoms with Crippen LogP contribution < -0.4 is 0 Å². The molecule has 0 aromatic rings. The van der Waals surface area contributed by atoms with Crippen molar-refractivity contribution < 1.29 is 19.5 Å². The summed E-state index contributed by atoms with van der Waals surface area (Å²) in [5.41, 5.74) is 0. The first kappa shape index (κ1) is 45.6. The Hall–Kier alpha value is 0.623. The Morgan fingerprint density at radius 3 is 1.00 bits per heavy atom. The maximum Gasteiger partial charge on any atom is 0 e. The first-order valence-electron chi connectivity index (χ1n) is 0.707. The third-order valence-electron chi connectivity index (χ3n) is 0. The number of rotatable bonds is 0. The average Bonchev–Trinajstić information content (AvgIpc) is 1.00. The molecule has 0 aromatic heterocycles. The van der Waals surface area contributed by atoms with Gasteiger partial charge in [0.1, 0.15) is 0 Å². The van der Waals surface area contributed by atoms with E-state index in [9.17, 15) is 0 Å². The van der Waals surface area contributed by atoms with Gasteiger partial charge >= 0.3 is 0 Å². The van der Waals surface area contributed by atoms with Crippen molar-refractivity contribution >= 4 is 0 Å². The maximum absolute atomic E-state index is 3.25. The van der Waals surface area contributed by atoms with Gasteiger partial charge in [0.05, 0.1) is 0 Å². The van der Waals surface area contributed by atoms with Gasteiger partial charge in [-0.1, -0.05) is 0 Å². The molecular formula is C4H11Zn-3. The van der Waals surface area contributed by atoms with Gasteiger partial charge in [0.25, 0.3) is 0 Å². The fraction of sp³-hybridized carbons (Fsp3) is 0.250. The molecule has 0 saturated heterocycles. The van der Waals surface area contributed by atoms with E-state index < -0.39 is 0 Å². The molecule has 0 aliphatic rings. The van der Waals surface area contributed by atoms with Crippen LogP contribution in [0.4, 0.5) is 0 Å². The van der Waals surface area contributed by atoms with Crippen LogP contribution in [0.3, 0.4) is 0 Å². The molecule has 5 heavy (non-hydrogen) atoms. The second kappa shape index (κ2) is 156. The maximum atomic E-state index is 3.25. The van der Waals surface area contributed by atoms with E-state index in [-0.39, 0.29) is 34.3 Å². The molecule has 0 nitrogen and oxygen atoms in total. The third-order valence-corrected chi connectivity index (χ3v) is 0. The van der Waals surface area contributed by atoms with Crippen molar-refractivity contribution in [2.75, 3.05) is 0 Å². The molecule has 0 spiro atoms. The third kappa shape index (κ3) is 81.9. The zero-order valence-corrected chi connectivity index (χ0v) is 7.38. The summed E-state index contributed by atoms with van der Waals surface area (Å²) in [6, 6.07) is 0. The van der Waals surface area contributed by atoms with Gasteiger partial charge in [0.15, 0.2) is 0 Å². The molecule has 0 heterocycles. The van der Waals surface area contributed by atoms with E-state index in [1.165, 1.54) is 0 Å². The van der Waals surface area contributed by atoms with Gasteiger partial charge in [-0.05, 0) is 0 Å². The van der Waals surface area contributed by atoms with Crippen LogP contribution in [0.15, 0.2) is 0 Å². The van der Waals surface area contributed by atoms with Gasteiger partial charge in [0.2, 0.25) is 0 Å². The monoisotopic (exact) mass is 123 g/mol. The van der Waals surface area contributed by atoms with Crippen molar-refractivity contribution in [1.82, 2.24) is 0 Å². The molecule has 0 aromatic carbocycles. The summed E-state index contributed by atoms with van der Waals surface area (Å²) in [7, 11) is 0. The van der Waals surface area contributed by atoms with E-state index in [2.05, 4.69) is 6.92 Å². The van der Waals surface area contributed by atoms with E-state index in [0.29, 0.717) is 0 Å². The van der Waals surface area contributed by atoms with Crippen LogP contribution in [0.25, 0.3) is 0 Å². The second-order valence-electron chi connectivity index (χ2n) is 0. The smallest absolute Gasteiger partial charge is 0 e. The summed E-state index contributed by atoms with van der Waals surface area (Å²) < 4.78 is 0. The summed E-state index contributed by atoms with van der Waals surface area (Å²) in [6.07, 6.45) is 0. The Morgan fingerprint density at radius 1 is 1.00 bits per heavy atom. The Morgan fingerprint density at radius 2 is 1.00 bits per heavy atom. The minimum Gasteiger partial charge on any atom is -0.358 e. The van der Waals surface area contributed by atoms with Gasteiger partial charge in [-0.25, -0.2) is 0 Å². The molecule has 0 aliphatic carbocycles. The molecule has 32 valence electrons. The first-order valence-corrected chi connectivity index (χ1v) is 0.707. The fourth-order valence-corrected chi connectivity index (χ4v) is 0. The topological polar surface area (TPSA) is 0 Å². The van der Waals surface area contributed by atoms with Crippen molar-refractivity contribution in [3.05, 3.63) is 21.8 Å². The molecule has 0 N–H and O–H groups in total. The zero-order valence-electron chi connectivity index (χ0n) is 4.41. The molecular weight excluding hydrogens is 113 g/mol. The Bertz CT molecular complexity index is 3.61. The second-order valence-corrected chi connectivity index (χ2v) is 0. The molecule has 0 aliphatic heterocycles. The van der Waals surface area contributed by atoms with Gasteiger partial charge in [-0.2, -0.15) is 6.92 Å². The zero-order chi connectivity index (χ0) is 2.00. The van der Waals surface area contributed by atoms with Crippen molar-refractivity contribution in [2.24, 2.45) is 0 Å².